The molecule has 434 valence electrons. The number of ether oxygens (including phenoxy) is 3. The third kappa shape index (κ3) is 60.5. The molecule has 0 radical (unpaired) electrons. The summed E-state index contributed by atoms with van der Waals surface area (Å²) in [5, 5.41) is 0. The largest absolute Gasteiger partial charge is 0.462 e. The first-order chi connectivity index (χ1) is 36.5. The van der Waals surface area contributed by atoms with Gasteiger partial charge in [0.25, 0.3) is 0 Å². The van der Waals surface area contributed by atoms with Gasteiger partial charge in [0.1, 0.15) is 13.2 Å². The Balaban J connectivity index is 4.03. The highest BCUT2D eigenvalue weighted by atomic mass is 16.6. The Morgan fingerprint density at radius 1 is 0.270 bits per heavy atom. The number of unbranched alkanes of at least 4 members (excludes halogenated alkanes) is 44. The first-order valence-electron chi connectivity index (χ1n) is 33.0. The summed E-state index contributed by atoms with van der Waals surface area (Å²) in [4.78, 5) is 38.1. The van der Waals surface area contributed by atoms with Gasteiger partial charge in [-0.2, -0.15) is 0 Å². The van der Waals surface area contributed by atoms with Crippen LogP contribution in [-0.2, 0) is 28.6 Å². The minimum Gasteiger partial charge on any atom is -0.462 e. The van der Waals surface area contributed by atoms with Crippen molar-refractivity contribution in [1.29, 1.82) is 0 Å². The van der Waals surface area contributed by atoms with Gasteiger partial charge < -0.3 is 14.2 Å². The number of esters is 3. The molecule has 0 aliphatic carbocycles. The molecule has 0 aromatic rings. The van der Waals surface area contributed by atoms with Crippen molar-refractivity contribution in [2.24, 2.45) is 0 Å². The second kappa shape index (κ2) is 63.2. The Morgan fingerprint density at radius 2 is 0.486 bits per heavy atom. The summed E-state index contributed by atoms with van der Waals surface area (Å²) in [6, 6.07) is 0. The molecule has 0 aromatic carbocycles. The Labute approximate surface area is 461 Å². The molecule has 0 aliphatic rings. The molecule has 1 atom stereocenters. The number of hydrogen-bond donors (Lipinski definition) is 0. The van der Waals surface area contributed by atoms with Crippen LogP contribution in [0.25, 0.3) is 0 Å². The molecule has 0 fully saturated rings. The highest BCUT2D eigenvalue weighted by Crippen LogP contribution is 2.18. The van der Waals surface area contributed by atoms with E-state index < -0.39 is 6.10 Å². The van der Waals surface area contributed by atoms with Gasteiger partial charge in [-0.15, -0.1) is 0 Å². The lowest BCUT2D eigenvalue weighted by Crippen LogP contribution is -2.30. The quantitative estimate of drug-likeness (QED) is 0.0261. The fraction of sp³-hybridized carbons (Fsp3) is 0.868. The van der Waals surface area contributed by atoms with Crippen LogP contribution < -0.4 is 0 Å². The maximum Gasteiger partial charge on any atom is 0.306 e. The van der Waals surface area contributed by atoms with E-state index in [9.17, 15) is 14.4 Å². The van der Waals surface area contributed by atoms with E-state index in [1.165, 1.54) is 250 Å². The zero-order valence-electron chi connectivity index (χ0n) is 49.9. The first-order valence-corrected chi connectivity index (χ1v) is 33.0. The summed E-state index contributed by atoms with van der Waals surface area (Å²) in [7, 11) is 0. The van der Waals surface area contributed by atoms with Crippen molar-refractivity contribution >= 4 is 17.9 Å². The molecular formula is C68H126O6. The minimum absolute atomic E-state index is 0.0708. The van der Waals surface area contributed by atoms with Gasteiger partial charge in [-0.1, -0.05) is 301 Å². The molecule has 1 unspecified atom stereocenters. The van der Waals surface area contributed by atoms with Gasteiger partial charge in [0, 0.05) is 19.3 Å². The van der Waals surface area contributed by atoms with E-state index in [2.05, 4.69) is 57.2 Å². The lowest BCUT2D eigenvalue weighted by molar-refractivity contribution is -0.167. The molecular weight excluding hydrogens is 913 g/mol. The Kier molecular flexibility index (Phi) is 61.1. The average Bonchev–Trinajstić information content (AvgIpc) is 3.40. The van der Waals surface area contributed by atoms with E-state index in [4.69, 9.17) is 14.2 Å². The van der Waals surface area contributed by atoms with Crippen LogP contribution in [0.15, 0.2) is 36.5 Å². The van der Waals surface area contributed by atoms with Gasteiger partial charge in [0.15, 0.2) is 6.10 Å². The standard InChI is InChI=1S/C68H126O6/c1-4-7-10-13-16-19-21-23-25-27-28-29-30-31-32-33-34-35-36-37-38-39-40-42-43-45-47-49-52-55-58-61-67(70)73-64-65(63-72-66(69)60-57-54-51-18-15-12-9-6-3)74-68(71)62-59-56-53-50-48-46-44-41-26-24-22-20-17-14-11-8-5-2/h17,20,24,26-28,65H,4-16,18-19,21-23,25,29-64H2,1-3H3/b20-17-,26-24-,28-27-. The van der Waals surface area contributed by atoms with Gasteiger partial charge >= 0.3 is 17.9 Å². The molecule has 0 saturated heterocycles. The van der Waals surface area contributed by atoms with E-state index in [-0.39, 0.29) is 31.1 Å². The maximum atomic E-state index is 12.8. The summed E-state index contributed by atoms with van der Waals surface area (Å²) >= 11 is 0. The lowest BCUT2D eigenvalue weighted by Gasteiger charge is -2.18. The van der Waals surface area contributed by atoms with Crippen molar-refractivity contribution < 1.29 is 28.6 Å². The minimum atomic E-state index is -0.772. The second-order valence-electron chi connectivity index (χ2n) is 22.4. The van der Waals surface area contributed by atoms with Crippen LogP contribution >= 0.6 is 0 Å². The number of rotatable bonds is 61. The van der Waals surface area contributed by atoms with Crippen molar-refractivity contribution in [3.05, 3.63) is 36.5 Å². The molecule has 0 heterocycles. The van der Waals surface area contributed by atoms with Gasteiger partial charge in [0.2, 0.25) is 0 Å². The van der Waals surface area contributed by atoms with Crippen LogP contribution in [0.3, 0.4) is 0 Å². The molecule has 0 spiro atoms. The molecule has 6 heteroatoms. The number of allylic oxidation sites excluding steroid dienone is 6. The van der Waals surface area contributed by atoms with Gasteiger partial charge in [0.05, 0.1) is 0 Å². The molecule has 0 rings (SSSR count). The monoisotopic (exact) mass is 1040 g/mol. The zero-order chi connectivity index (χ0) is 53.6. The SMILES string of the molecule is CCCCC/C=C\C/C=C\CCCCCCCCCC(=O)OC(COC(=O)CCCCCCCCCC)COC(=O)CCCCCCCCCCCCCCCCCCCCC/C=C\CCCCCCCCCC. The van der Waals surface area contributed by atoms with Crippen LogP contribution in [0.2, 0.25) is 0 Å². The summed E-state index contributed by atoms with van der Waals surface area (Å²) in [5.74, 6) is -0.863. The predicted molar refractivity (Wildman–Crippen MR) is 321 cm³/mol. The first kappa shape index (κ1) is 71.6. The predicted octanol–water partition coefficient (Wildman–Crippen LogP) is 22.4. The molecule has 0 N–H and O–H groups in total. The van der Waals surface area contributed by atoms with Crippen molar-refractivity contribution in [3.8, 4) is 0 Å². The van der Waals surface area contributed by atoms with Crippen LogP contribution in [0.5, 0.6) is 0 Å². The van der Waals surface area contributed by atoms with Gasteiger partial charge in [-0.25, -0.2) is 0 Å². The molecule has 0 saturated carbocycles. The van der Waals surface area contributed by atoms with Gasteiger partial charge in [-0.3, -0.25) is 14.4 Å². The third-order valence-corrected chi connectivity index (χ3v) is 14.9. The maximum absolute atomic E-state index is 12.8. The Hall–Kier alpha value is -2.37. The smallest absolute Gasteiger partial charge is 0.306 e. The second-order valence-corrected chi connectivity index (χ2v) is 22.4. The number of carbonyl (C=O) groups is 3. The van der Waals surface area contributed by atoms with E-state index in [1.54, 1.807) is 0 Å². The fourth-order valence-corrected chi connectivity index (χ4v) is 9.88. The van der Waals surface area contributed by atoms with E-state index in [1.807, 2.05) is 0 Å². The molecule has 0 amide bonds. The van der Waals surface area contributed by atoms with Crippen molar-refractivity contribution in [3.63, 3.8) is 0 Å². The summed E-state index contributed by atoms with van der Waals surface area (Å²) < 4.78 is 16.9. The fourth-order valence-electron chi connectivity index (χ4n) is 9.88. The topological polar surface area (TPSA) is 78.9 Å². The lowest BCUT2D eigenvalue weighted by atomic mass is 10.0. The van der Waals surface area contributed by atoms with Crippen LogP contribution in [0.1, 0.15) is 361 Å². The van der Waals surface area contributed by atoms with Crippen molar-refractivity contribution in [1.82, 2.24) is 0 Å². The Bertz CT molecular complexity index is 1240. The molecule has 0 aliphatic heterocycles. The molecule has 74 heavy (non-hydrogen) atoms. The van der Waals surface area contributed by atoms with Crippen LogP contribution in [-0.4, -0.2) is 37.2 Å². The van der Waals surface area contributed by atoms with E-state index in [0.717, 1.165) is 70.6 Å². The summed E-state index contributed by atoms with van der Waals surface area (Å²) in [5.41, 5.74) is 0. The highest BCUT2D eigenvalue weighted by molar-refractivity contribution is 5.71. The van der Waals surface area contributed by atoms with Crippen molar-refractivity contribution in [2.45, 2.75) is 367 Å². The average molecular weight is 1040 g/mol. The van der Waals surface area contributed by atoms with Crippen molar-refractivity contribution in [2.75, 3.05) is 13.2 Å². The van der Waals surface area contributed by atoms with Gasteiger partial charge in [-0.05, 0) is 77.0 Å². The molecule has 0 bridgehead atoms. The zero-order valence-corrected chi connectivity index (χ0v) is 49.9. The summed E-state index contributed by atoms with van der Waals surface area (Å²) in [6.45, 7) is 6.63. The van der Waals surface area contributed by atoms with E-state index >= 15 is 0 Å². The number of carbonyl (C=O) groups excluding carboxylic acids is 3. The Morgan fingerprint density at radius 3 is 0.784 bits per heavy atom. The normalized spacial score (nSPS) is 12.2. The third-order valence-electron chi connectivity index (χ3n) is 14.9. The summed E-state index contributed by atoms with van der Waals surface area (Å²) in [6.07, 6.45) is 77.6. The molecule has 6 nitrogen and oxygen atoms in total. The number of hydrogen-bond acceptors (Lipinski definition) is 6. The molecule has 0 aromatic heterocycles. The van der Waals surface area contributed by atoms with Crippen LogP contribution in [0, 0.1) is 0 Å². The van der Waals surface area contributed by atoms with Crippen LogP contribution in [0.4, 0.5) is 0 Å². The van der Waals surface area contributed by atoms with E-state index in [0.29, 0.717) is 19.3 Å². The highest BCUT2D eigenvalue weighted by Gasteiger charge is 2.19.